The fraction of sp³-hybridized carbons (Fsp3) is 0.947. The molecule has 1 aliphatic rings. The Hall–Kier alpha value is -0.410. The molecule has 2 N–H and O–H groups in total. The van der Waals surface area contributed by atoms with Crippen LogP contribution in [0.3, 0.4) is 0 Å². The molecule has 0 bridgehead atoms. The number of Topliss-reactive ketones (excluding diaryl/α,β-unsaturated/α-hetero) is 1. The van der Waals surface area contributed by atoms with Gasteiger partial charge in [0.15, 0.2) is 0 Å². The molecule has 3 heteroatoms. The third-order valence-corrected chi connectivity index (χ3v) is 5.39. The van der Waals surface area contributed by atoms with Crippen LogP contribution in [0, 0.1) is 11.8 Å². The van der Waals surface area contributed by atoms with E-state index in [1.807, 2.05) is 0 Å². The summed E-state index contributed by atoms with van der Waals surface area (Å²) in [5.41, 5.74) is 0. The fourth-order valence-corrected chi connectivity index (χ4v) is 4.00. The predicted octanol–water partition coefficient (Wildman–Crippen LogP) is 4.70. The predicted molar refractivity (Wildman–Crippen MR) is 94.5 cm³/mol. The fourth-order valence-electron chi connectivity index (χ4n) is 4.00. The van der Waals surface area contributed by atoms with Gasteiger partial charge in [-0.1, -0.05) is 46.0 Å². The van der Waals surface area contributed by atoms with Gasteiger partial charge in [0.1, 0.15) is 5.78 Å². The molecule has 0 aliphatic heterocycles. The second-order valence-corrected chi connectivity index (χ2v) is 7.23. The van der Waals surface area contributed by atoms with Gasteiger partial charge in [-0.25, -0.2) is 5.01 Å². The Bertz CT molecular complexity index is 306. The van der Waals surface area contributed by atoms with Crippen LogP contribution in [-0.4, -0.2) is 23.4 Å². The third kappa shape index (κ3) is 6.78. The Morgan fingerprint density at radius 2 is 1.86 bits per heavy atom. The quantitative estimate of drug-likeness (QED) is 0.275. The summed E-state index contributed by atoms with van der Waals surface area (Å²) < 4.78 is 0. The average molecular weight is 311 g/mol. The van der Waals surface area contributed by atoms with E-state index in [-0.39, 0.29) is 0 Å². The van der Waals surface area contributed by atoms with Gasteiger partial charge >= 0.3 is 0 Å². The zero-order valence-corrected chi connectivity index (χ0v) is 15.2. The zero-order valence-electron chi connectivity index (χ0n) is 15.2. The van der Waals surface area contributed by atoms with Crippen LogP contribution in [0.25, 0.3) is 0 Å². The summed E-state index contributed by atoms with van der Waals surface area (Å²) in [6.07, 6.45) is 13.4. The summed E-state index contributed by atoms with van der Waals surface area (Å²) in [5.74, 6) is 7.76. The molecule has 130 valence electrons. The Balaban J connectivity index is 2.58. The summed E-state index contributed by atoms with van der Waals surface area (Å²) in [6.45, 7) is 7.22. The molecule has 0 heterocycles. The molecule has 1 saturated carbocycles. The summed E-state index contributed by atoms with van der Waals surface area (Å²) in [4.78, 5) is 11.7. The lowest BCUT2D eigenvalue weighted by atomic mass is 9.87. The van der Waals surface area contributed by atoms with Crippen molar-refractivity contribution < 1.29 is 4.79 Å². The van der Waals surface area contributed by atoms with Gasteiger partial charge in [-0.3, -0.25) is 10.6 Å². The van der Waals surface area contributed by atoms with Crippen molar-refractivity contribution in [3.8, 4) is 0 Å². The molecule has 0 aromatic heterocycles. The smallest absolute Gasteiger partial charge is 0.132 e. The topological polar surface area (TPSA) is 46.3 Å². The van der Waals surface area contributed by atoms with E-state index in [4.69, 9.17) is 5.84 Å². The van der Waals surface area contributed by atoms with E-state index >= 15 is 0 Å². The molecule has 0 radical (unpaired) electrons. The minimum absolute atomic E-state index is 0.308. The van der Waals surface area contributed by atoms with Crippen molar-refractivity contribution in [3.05, 3.63) is 0 Å². The van der Waals surface area contributed by atoms with Crippen molar-refractivity contribution in [2.24, 2.45) is 17.7 Å². The number of carbonyl (C=O) groups excluding carboxylic acids is 1. The van der Waals surface area contributed by atoms with Crippen LogP contribution in [-0.2, 0) is 4.79 Å². The highest BCUT2D eigenvalue weighted by Crippen LogP contribution is 2.33. The molecule has 0 aromatic carbocycles. The lowest BCUT2D eigenvalue weighted by Crippen LogP contribution is -2.45. The van der Waals surface area contributed by atoms with Gasteiger partial charge in [0.2, 0.25) is 0 Å². The number of nitrogens with zero attached hydrogens (tertiary/aromatic N) is 1. The maximum atomic E-state index is 11.7. The van der Waals surface area contributed by atoms with E-state index < -0.39 is 0 Å². The van der Waals surface area contributed by atoms with Crippen LogP contribution in [0.15, 0.2) is 0 Å². The molecule has 22 heavy (non-hydrogen) atoms. The number of rotatable bonds is 10. The number of hydrazine groups is 1. The third-order valence-electron chi connectivity index (χ3n) is 5.39. The van der Waals surface area contributed by atoms with E-state index in [1.165, 1.54) is 51.4 Å². The Kier molecular flexibility index (Phi) is 9.98. The second kappa shape index (κ2) is 11.2. The second-order valence-electron chi connectivity index (χ2n) is 7.23. The molecule has 0 amide bonds. The largest absolute Gasteiger partial charge is 0.300 e. The zero-order chi connectivity index (χ0) is 16.4. The molecule has 0 aromatic rings. The van der Waals surface area contributed by atoms with Crippen molar-refractivity contribution in [2.75, 3.05) is 6.54 Å². The van der Waals surface area contributed by atoms with E-state index in [9.17, 15) is 4.79 Å². The van der Waals surface area contributed by atoms with Crippen LogP contribution in [0.4, 0.5) is 0 Å². The number of hydrogen-bond donors (Lipinski definition) is 1. The average Bonchev–Trinajstić information content (AvgIpc) is 2.73. The maximum Gasteiger partial charge on any atom is 0.132 e. The highest BCUT2D eigenvalue weighted by atomic mass is 16.1. The number of ketones is 1. The molecule has 0 saturated heterocycles. The van der Waals surface area contributed by atoms with Gasteiger partial charge in [-0.15, -0.1) is 0 Å². The van der Waals surface area contributed by atoms with Gasteiger partial charge in [0, 0.05) is 18.5 Å². The minimum atomic E-state index is 0.308. The summed E-state index contributed by atoms with van der Waals surface area (Å²) in [7, 11) is 0. The highest BCUT2D eigenvalue weighted by Gasteiger charge is 2.29. The first-order valence-corrected chi connectivity index (χ1v) is 9.61. The van der Waals surface area contributed by atoms with Crippen molar-refractivity contribution >= 4 is 5.78 Å². The summed E-state index contributed by atoms with van der Waals surface area (Å²) in [6, 6.07) is 0.516. The monoisotopic (exact) mass is 310 g/mol. The lowest BCUT2D eigenvalue weighted by molar-refractivity contribution is -0.121. The van der Waals surface area contributed by atoms with Gasteiger partial charge in [-0.2, -0.15) is 0 Å². The number of hydrogen-bond acceptors (Lipinski definition) is 3. The van der Waals surface area contributed by atoms with Crippen LogP contribution in [0.5, 0.6) is 0 Å². The Morgan fingerprint density at radius 3 is 2.50 bits per heavy atom. The van der Waals surface area contributed by atoms with Crippen molar-refractivity contribution in [2.45, 2.75) is 97.4 Å². The van der Waals surface area contributed by atoms with E-state index in [0.717, 1.165) is 25.8 Å². The number of unbranched alkanes of at least 4 members (excludes halogenated alkanes) is 3. The normalized spacial score (nSPS) is 24.2. The van der Waals surface area contributed by atoms with Gasteiger partial charge in [0.25, 0.3) is 0 Å². The minimum Gasteiger partial charge on any atom is -0.300 e. The molecular formula is C19H38N2O. The molecule has 3 nitrogen and oxygen atoms in total. The van der Waals surface area contributed by atoms with Gasteiger partial charge in [0.05, 0.1) is 0 Å². The molecule has 3 unspecified atom stereocenters. The van der Waals surface area contributed by atoms with Gasteiger partial charge in [-0.05, 0) is 51.4 Å². The molecule has 3 atom stereocenters. The van der Waals surface area contributed by atoms with E-state index in [2.05, 4.69) is 18.9 Å². The van der Waals surface area contributed by atoms with Crippen molar-refractivity contribution in [1.82, 2.24) is 5.01 Å². The van der Waals surface area contributed by atoms with Crippen LogP contribution in [0.1, 0.15) is 91.4 Å². The first-order chi connectivity index (χ1) is 10.6. The van der Waals surface area contributed by atoms with E-state index in [0.29, 0.717) is 23.7 Å². The molecule has 1 fully saturated rings. The summed E-state index contributed by atoms with van der Waals surface area (Å²) >= 11 is 0. The van der Waals surface area contributed by atoms with Crippen LogP contribution in [0.2, 0.25) is 0 Å². The Labute approximate surface area is 138 Å². The van der Waals surface area contributed by atoms with Crippen LogP contribution < -0.4 is 5.84 Å². The first kappa shape index (κ1) is 19.6. The van der Waals surface area contributed by atoms with Crippen molar-refractivity contribution in [1.29, 1.82) is 0 Å². The maximum absolute atomic E-state index is 11.7. The lowest BCUT2D eigenvalue weighted by Gasteiger charge is -2.34. The van der Waals surface area contributed by atoms with E-state index in [1.54, 1.807) is 6.92 Å². The first-order valence-electron chi connectivity index (χ1n) is 9.61. The molecular weight excluding hydrogens is 272 g/mol. The summed E-state index contributed by atoms with van der Waals surface area (Å²) in [5, 5.41) is 2.12. The Morgan fingerprint density at radius 1 is 1.09 bits per heavy atom. The van der Waals surface area contributed by atoms with Crippen LogP contribution >= 0.6 is 0 Å². The van der Waals surface area contributed by atoms with Crippen molar-refractivity contribution in [3.63, 3.8) is 0 Å². The number of carbonyl (C=O) groups is 1. The molecule has 1 aliphatic carbocycles. The number of nitrogens with two attached hydrogens (primary N) is 1. The molecule has 0 spiro atoms. The standard InChI is InChI=1S/C19H38N2O/c1-4-6-7-8-12-19(21(20)15-5-2)18-11-9-10-17(13-14-18)16(3)22/h17-19H,4-15,20H2,1-3H3. The SMILES string of the molecule is CCCCCCC(C1CCCC(C(C)=O)CC1)N(N)CCC. The molecule has 1 rings (SSSR count). The highest BCUT2D eigenvalue weighted by molar-refractivity contribution is 5.78. The van der Waals surface area contributed by atoms with Gasteiger partial charge < -0.3 is 0 Å².